The van der Waals surface area contributed by atoms with Gasteiger partial charge in [-0.05, 0) is 61.7 Å². The van der Waals surface area contributed by atoms with E-state index in [1.807, 2.05) is 0 Å². The Morgan fingerprint density at radius 1 is 0.407 bits per heavy atom. The Hall–Kier alpha value is -0.160. The molecule has 13 unspecified atom stereocenters. The van der Waals surface area contributed by atoms with Crippen molar-refractivity contribution in [3.63, 3.8) is 0 Å². The van der Waals surface area contributed by atoms with Crippen molar-refractivity contribution >= 4 is 0 Å². The fourth-order valence-corrected chi connectivity index (χ4v) is 7.04. The van der Waals surface area contributed by atoms with Gasteiger partial charge in [0.25, 0.3) is 0 Å². The molecular weight excluding hydrogens is 340 g/mol. The molecule has 4 heteroatoms. The summed E-state index contributed by atoms with van der Waals surface area (Å²) in [6, 6.07) is 0. The largest absolute Gasteiger partial charge is 0.369 e. The third kappa shape index (κ3) is 3.19. The van der Waals surface area contributed by atoms with Crippen LogP contribution in [0.5, 0.6) is 0 Å². The highest BCUT2D eigenvalue weighted by atomic mass is 16.6. The lowest BCUT2D eigenvalue weighted by Crippen LogP contribution is -2.68. The van der Waals surface area contributed by atoms with Gasteiger partial charge in [-0.1, -0.05) is 34.6 Å². The van der Waals surface area contributed by atoms with E-state index in [-0.39, 0.29) is 48.8 Å². The Kier molecular flexibility index (Phi) is 4.86. The van der Waals surface area contributed by atoms with Crippen LogP contribution in [0.3, 0.4) is 0 Å². The highest BCUT2D eigenvalue weighted by Gasteiger charge is 2.57. The van der Waals surface area contributed by atoms with Gasteiger partial charge >= 0.3 is 0 Å². The fourth-order valence-electron chi connectivity index (χ4n) is 7.04. The molecule has 13 atom stereocenters. The predicted molar refractivity (Wildman–Crippen MR) is 104 cm³/mol. The summed E-state index contributed by atoms with van der Waals surface area (Å²) >= 11 is 0. The summed E-state index contributed by atoms with van der Waals surface area (Å²) in [6.07, 6.45) is 7.13. The third-order valence-electron chi connectivity index (χ3n) is 8.16. The van der Waals surface area contributed by atoms with Gasteiger partial charge in [0.1, 0.15) is 12.2 Å². The number of fused-ring (bicyclic) bond motifs is 5. The zero-order valence-electron chi connectivity index (χ0n) is 17.7. The molecule has 154 valence electrons. The van der Waals surface area contributed by atoms with Gasteiger partial charge in [0.2, 0.25) is 0 Å². The second kappa shape index (κ2) is 6.97. The summed E-state index contributed by atoms with van der Waals surface area (Å²) in [6.45, 7) is 11.7. The smallest absolute Gasteiger partial charge is 0.113 e. The van der Waals surface area contributed by atoms with Crippen LogP contribution in [0.25, 0.3) is 0 Å². The monoisotopic (exact) mass is 378 g/mol. The first-order valence-corrected chi connectivity index (χ1v) is 11.5. The van der Waals surface area contributed by atoms with Gasteiger partial charge in [-0.25, -0.2) is 0 Å². The highest BCUT2D eigenvalue weighted by molar-refractivity contribution is 5.04. The normalized spacial score (nSPS) is 60.6. The van der Waals surface area contributed by atoms with Crippen LogP contribution < -0.4 is 0 Å². The van der Waals surface area contributed by atoms with Crippen molar-refractivity contribution in [2.75, 3.05) is 0 Å². The minimum Gasteiger partial charge on any atom is -0.369 e. The summed E-state index contributed by atoms with van der Waals surface area (Å²) in [4.78, 5) is 0. The zero-order valence-corrected chi connectivity index (χ0v) is 17.7. The maximum Gasteiger partial charge on any atom is 0.113 e. The molecule has 0 aromatic heterocycles. The van der Waals surface area contributed by atoms with Crippen molar-refractivity contribution in [2.24, 2.45) is 29.6 Å². The molecule has 0 bridgehead atoms. The lowest BCUT2D eigenvalue weighted by Gasteiger charge is -2.58. The third-order valence-corrected chi connectivity index (χ3v) is 8.16. The molecule has 2 heterocycles. The summed E-state index contributed by atoms with van der Waals surface area (Å²) in [5.41, 5.74) is 0. The summed E-state index contributed by atoms with van der Waals surface area (Å²) < 4.78 is 27.0. The lowest BCUT2D eigenvalue weighted by molar-refractivity contribution is -0.345. The molecule has 2 aliphatic heterocycles. The minimum absolute atomic E-state index is 0.0318. The van der Waals surface area contributed by atoms with E-state index >= 15 is 0 Å². The number of hydrogen-bond acceptors (Lipinski definition) is 4. The van der Waals surface area contributed by atoms with Crippen molar-refractivity contribution < 1.29 is 18.9 Å². The number of rotatable bonds is 0. The van der Waals surface area contributed by atoms with Crippen LogP contribution in [-0.2, 0) is 18.9 Å². The summed E-state index contributed by atoms with van der Waals surface area (Å²) in [5, 5.41) is 0. The van der Waals surface area contributed by atoms with Crippen molar-refractivity contribution in [3.05, 3.63) is 0 Å². The van der Waals surface area contributed by atoms with E-state index in [0.29, 0.717) is 23.7 Å². The van der Waals surface area contributed by atoms with Gasteiger partial charge in [-0.3, -0.25) is 0 Å². The van der Waals surface area contributed by atoms with Gasteiger partial charge in [0.15, 0.2) is 0 Å². The Labute approximate surface area is 164 Å². The average Bonchev–Trinajstić information content (AvgIpc) is 2.60. The van der Waals surface area contributed by atoms with E-state index < -0.39 is 0 Å². The molecule has 27 heavy (non-hydrogen) atoms. The van der Waals surface area contributed by atoms with Crippen LogP contribution in [0.4, 0.5) is 0 Å². The molecule has 5 aliphatic rings. The van der Waals surface area contributed by atoms with Crippen molar-refractivity contribution in [3.8, 4) is 0 Å². The quantitative estimate of drug-likeness (QED) is 0.633. The molecular formula is C23H38O4. The van der Waals surface area contributed by atoms with Gasteiger partial charge in [0, 0.05) is 0 Å². The fraction of sp³-hybridized carbons (Fsp3) is 1.00. The maximum atomic E-state index is 6.80. The van der Waals surface area contributed by atoms with Crippen LogP contribution in [0, 0.1) is 29.6 Å². The number of hydrogen-bond donors (Lipinski definition) is 0. The van der Waals surface area contributed by atoms with E-state index in [9.17, 15) is 0 Å². The molecule has 0 radical (unpaired) electrons. The molecule has 3 saturated carbocycles. The first-order chi connectivity index (χ1) is 12.9. The average molecular weight is 379 g/mol. The topological polar surface area (TPSA) is 36.9 Å². The molecule has 0 aromatic rings. The molecule has 5 rings (SSSR count). The van der Waals surface area contributed by atoms with Gasteiger partial charge in [-0.15, -0.1) is 0 Å². The van der Waals surface area contributed by atoms with Crippen LogP contribution in [0.2, 0.25) is 0 Å². The van der Waals surface area contributed by atoms with Crippen LogP contribution in [0.15, 0.2) is 0 Å². The second-order valence-corrected chi connectivity index (χ2v) is 10.8. The second-order valence-electron chi connectivity index (χ2n) is 10.8. The Bertz CT molecular complexity index is 552. The highest BCUT2D eigenvalue weighted by Crippen LogP contribution is 2.47. The molecule has 0 spiro atoms. The van der Waals surface area contributed by atoms with Crippen LogP contribution in [-0.4, -0.2) is 48.8 Å². The lowest BCUT2D eigenvalue weighted by atomic mass is 9.74. The van der Waals surface area contributed by atoms with E-state index in [1.165, 1.54) is 12.8 Å². The predicted octanol–water partition coefficient (Wildman–Crippen LogP) is 4.20. The number of ether oxygens (including phenoxy) is 4. The van der Waals surface area contributed by atoms with Crippen molar-refractivity contribution in [2.45, 2.75) is 116 Å². The zero-order chi connectivity index (χ0) is 18.9. The van der Waals surface area contributed by atoms with Gasteiger partial charge in [0.05, 0.1) is 36.6 Å². The Balaban J connectivity index is 1.37. The maximum absolute atomic E-state index is 6.80. The molecule has 0 N–H and O–H groups in total. The molecule has 0 amide bonds. The molecule has 3 aliphatic carbocycles. The van der Waals surface area contributed by atoms with E-state index in [0.717, 1.165) is 25.2 Å². The Morgan fingerprint density at radius 2 is 0.852 bits per heavy atom. The van der Waals surface area contributed by atoms with Crippen molar-refractivity contribution in [1.82, 2.24) is 0 Å². The SMILES string of the molecule is CC1CC(C)C2OC3CC(C)C4OC5CC(C)CC(C)C5OC4C3OC2C1. The van der Waals surface area contributed by atoms with Crippen LogP contribution >= 0.6 is 0 Å². The molecule has 5 fully saturated rings. The molecule has 4 nitrogen and oxygen atoms in total. The standard InChI is InChI=1S/C23H38O4/c1-11-6-13(3)19-16(8-11)26-22-18(24-19)10-15(5)21-23(22)27-20-14(4)7-12(2)9-17(20)25-21/h11-23H,6-10H2,1-5H3. The summed E-state index contributed by atoms with van der Waals surface area (Å²) in [7, 11) is 0. The molecule has 2 saturated heterocycles. The van der Waals surface area contributed by atoms with Gasteiger partial charge < -0.3 is 18.9 Å². The first-order valence-electron chi connectivity index (χ1n) is 11.5. The Morgan fingerprint density at radius 3 is 1.48 bits per heavy atom. The first kappa shape index (κ1) is 18.8. The van der Waals surface area contributed by atoms with Gasteiger partial charge in [-0.2, -0.15) is 0 Å². The summed E-state index contributed by atoms with van der Waals surface area (Å²) in [5.74, 6) is 3.05. The molecule has 0 aromatic carbocycles. The van der Waals surface area contributed by atoms with E-state index in [2.05, 4.69) is 34.6 Å². The van der Waals surface area contributed by atoms with E-state index in [4.69, 9.17) is 18.9 Å². The van der Waals surface area contributed by atoms with Crippen molar-refractivity contribution in [1.29, 1.82) is 0 Å². The minimum atomic E-state index is 0.0318. The van der Waals surface area contributed by atoms with E-state index in [1.54, 1.807) is 0 Å². The van der Waals surface area contributed by atoms with Crippen LogP contribution in [0.1, 0.15) is 66.7 Å².